The minimum atomic E-state index is -0.600. The number of hydrogen-bond donors (Lipinski definition) is 2. The van der Waals surface area contributed by atoms with Gasteiger partial charge in [0.25, 0.3) is 0 Å². The van der Waals surface area contributed by atoms with Gasteiger partial charge in [-0.25, -0.2) is 9.37 Å². The highest BCUT2D eigenvalue weighted by Gasteiger charge is 2.18. The summed E-state index contributed by atoms with van der Waals surface area (Å²) in [6, 6.07) is 16.6. The molecule has 1 aromatic heterocycles. The van der Waals surface area contributed by atoms with Crippen LogP contribution < -0.4 is 10.6 Å². The summed E-state index contributed by atoms with van der Waals surface area (Å²) >= 11 is 12.6. The van der Waals surface area contributed by atoms with Crippen molar-refractivity contribution in [1.82, 2.24) is 9.55 Å². The average molecular weight is 471 g/mol. The zero-order chi connectivity index (χ0) is 22.8. The van der Waals surface area contributed by atoms with Crippen LogP contribution in [0, 0.1) is 5.82 Å². The third kappa shape index (κ3) is 4.44. The van der Waals surface area contributed by atoms with Crippen LogP contribution in [0.15, 0.2) is 60.7 Å². The lowest BCUT2D eigenvalue weighted by Crippen LogP contribution is -2.19. The first kappa shape index (κ1) is 21.8. The van der Waals surface area contributed by atoms with E-state index in [1.807, 2.05) is 24.3 Å². The second-order valence-corrected chi connectivity index (χ2v) is 7.82. The molecule has 2 N–H and O–H groups in total. The third-order valence-electron chi connectivity index (χ3n) is 4.71. The fourth-order valence-corrected chi connectivity index (χ4v) is 3.74. The number of halogens is 3. The Bertz CT molecular complexity index is 1350. The lowest BCUT2D eigenvalue weighted by molar-refractivity contribution is -0.116. The number of carbonyl (C=O) groups excluding carboxylic acids is 2. The van der Waals surface area contributed by atoms with Crippen LogP contribution in [0.4, 0.5) is 15.8 Å². The Morgan fingerprint density at radius 1 is 1.03 bits per heavy atom. The molecule has 0 saturated heterocycles. The average Bonchev–Trinajstić information content (AvgIpc) is 3.10. The van der Waals surface area contributed by atoms with Crippen LogP contribution in [0.3, 0.4) is 0 Å². The number of anilines is 2. The first-order valence-electron chi connectivity index (χ1n) is 9.60. The Morgan fingerprint density at radius 3 is 2.59 bits per heavy atom. The maximum Gasteiger partial charge on any atom is 0.244 e. The zero-order valence-electron chi connectivity index (χ0n) is 16.8. The number of fused-ring (bicyclic) bond motifs is 1. The molecule has 0 saturated carbocycles. The number of amides is 2. The zero-order valence-corrected chi connectivity index (χ0v) is 18.3. The molecule has 4 aromatic rings. The van der Waals surface area contributed by atoms with Crippen LogP contribution in [0.5, 0.6) is 0 Å². The van der Waals surface area contributed by atoms with E-state index in [0.29, 0.717) is 32.6 Å². The quantitative estimate of drug-likeness (QED) is 0.390. The van der Waals surface area contributed by atoms with Gasteiger partial charge in [0.2, 0.25) is 11.8 Å². The summed E-state index contributed by atoms with van der Waals surface area (Å²) < 4.78 is 15.6. The smallest absolute Gasteiger partial charge is 0.244 e. The minimum Gasteiger partial charge on any atom is -0.324 e. The molecule has 0 aliphatic heterocycles. The predicted octanol–water partition coefficient (Wildman–Crippen LogP) is 5.75. The number of rotatable bonds is 5. The number of benzene rings is 3. The van der Waals surface area contributed by atoms with E-state index in [1.54, 1.807) is 22.8 Å². The van der Waals surface area contributed by atoms with E-state index in [1.165, 1.54) is 25.1 Å². The molecular formula is C23H17Cl2FN4O2. The first-order valence-corrected chi connectivity index (χ1v) is 10.4. The van der Waals surface area contributed by atoms with Crippen LogP contribution in [-0.4, -0.2) is 21.4 Å². The van der Waals surface area contributed by atoms with Gasteiger partial charge in [-0.15, -0.1) is 0 Å². The summed E-state index contributed by atoms with van der Waals surface area (Å²) in [6.45, 7) is 1.20. The van der Waals surface area contributed by atoms with Crippen LogP contribution >= 0.6 is 23.2 Å². The SMILES string of the molecule is CC(=O)Nc1cc(NC(=O)Cn2c(-c3cccc(Cl)c3Cl)nc3ccccc32)ccc1F. The van der Waals surface area contributed by atoms with Gasteiger partial charge >= 0.3 is 0 Å². The van der Waals surface area contributed by atoms with Gasteiger partial charge in [-0.05, 0) is 42.5 Å². The number of nitrogens with one attached hydrogen (secondary N) is 2. The van der Waals surface area contributed by atoms with Gasteiger partial charge in [0.05, 0.1) is 26.8 Å². The van der Waals surface area contributed by atoms with Gasteiger partial charge in [-0.1, -0.05) is 41.4 Å². The van der Waals surface area contributed by atoms with E-state index in [-0.39, 0.29) is 18.1 Å². The summed E-state index contributed by atoms with van der Waals surface area (Å²) in [5.74, 6) is -0.892. The molecule has 9 heteroatoms. The number of para-hydroxylation sites is 2. The number of imidazole rings is 1. The number of nitrogens with zero attached hydrogens (tertiary/aromatic N) is 2. The van der Waals surface area contributed by atoms with Crippen molar-refractivity contribution in [2.75, 3.05) is 10.6 Å². The number of carbonyl (C=O) groups is 2. The highest BCUT2D eigenvalue weighted by Crippen LogP contribution is 2.34. The Labute approximate surface area is 193 Å². The van der Waals surface area contributed by atoms with E-state index in [9.17, 15) is 14.0 Å². The molecule has 0 bridgehead atoms. The normalized spacial score (nSPS) is 10.9. The summed E-state index contributed by atoms with van der Waals surface area (Å²) in [6.07, 6.45) is 0. The van der Waals surface area contributed by atoms with Gasteiger partial charge in [0, 0.05) is 18.2 Å². The van der Waals surface area contributed by atoms with Gasteiger partial charge in [-0.2, -0.15) is 0 Å². The summed E-state index contributed by atoms with van der Waals surface area (Å²) in [4.78, 5) is 28.8. The maximum absolute atomic E-state index is 13.9. The predicted molar refractivity (Wildman–Crippen MR) is 125 cm³/mol. The summed E-state index contributed by atoms with van der Waals surface area (Å²) in [5, 5.41) is 5.83. The number of hydrogen-bond acceptors (Lipinski definition) is 3. The molecule has 3 aromatic carbocycles. The monoisotopic (exact) mass is 470 g/mol. The third-order valence-corrected chi connectivity index (χ3v) is 5.53. The first-order chi connectivity index (χ1) is 15.3. The largest absolute Gasteiger partial charge is 0.324 e. The van der Waals surface area contributed by atoms with Crippen molar-refractivity contribution in [2.24, 2.45) is 0 Å². The van der Waals surface area contributed by atoms with Crippen molar-refractivity contribution in [3.63, 3.8) is 0 Å². The number of aromatic nitrogens is 2. The fraction of sp³-hybridized carbons (Fsp3) is 0.0870. The molecular weight excluding hydrogens is 454 g/mol. The molecule has 4 rings (SSSR count). The van der Waals surface area contributed by atoms with Crippen LogP contribution in [0.25, 0.3) is 22.4 Å². The van der Waals surface area contributed by atoms with Crippen LogP contribution in [-0.2, 0) is 16.1 Å². The standard InChI is InChI=1S/C23H17Cl2FN4O2/c1-13(31)27-19-11-14(9-10-17(19)26)28-21(32)12-30-20-8-3-2-7-18(20)29-23(30)15-5-4-6-16(24)22(15)25/h2-11H,12H2,1H3,(H,27,31)(H,28,32). The van der Waals surface area contributed by atoms with E-state index in [4.69, 9.17) is 23.2 Å². The Kier molecular flexibility index (Phi) is 6.12. The molecule has 0 unspecified atom stereocenters. The van der Waals surface area contributed by atoms with Crippen molar-refractivity contribution < 1.29 is 14.0 Å². The minimum absolute atomic E-state index is 0.0187. The summed E-state index contributed by atoms with van der Waals surface area (Å²) in [7, 11) is 0. The van der Waals surface area contributed by atoms with Crippen LogP contribution in [0.2, 0.25) is 10.0 Å². The molecule has 0 spiro atoms. The highest BCUT2D eigenvalue weighted by atomic mass is 35.5. The Morgan fingerprint density at radius 2 is 1.81 bits per heavy atom. The molecule has 0 aliphatic rings. The maximum atomic E-state index is 13.9. The van der Waals surface area contributed by atoms with Crippen molar-refractivity contribution in [2.45, 2.75) is 13.5 Å². The van der Waals surface area contributed by atoms with Gasteiger partial charge < -0.3 is 15.2 Å². The Hall–Kier alpha value is -3.42. The molecule has 2 amide bonds. The molecule has 0 radical (unpaired) electrons. The second-order valence-electron chi connectivity index (χ2n) is 7.04. The van der Waals surface area contributed by atoms with Gasteiger partial charge in [0.1, 0.15) is 18.2 Å². The van der Waals surface area contributed by atoms with Crippen LogP contribution in [0.1, 0.15) is 6.92 Å². The highest BCUT2D eigenvalue weighted by molar-refractivity contribution is 6.43. The van der Waals surface area contributed by atoms with E-state index < -0.39 is 11.7 Å². The van der Waals surface area contributed by atoms with Crippen molar-refractivity contribution in [3.05, 3.63) is 76.5 Å². The molecule has 0 atom stereocenters. The fourth-order valence-electron chi connectivity index (χ4n) is 3.35. The molecule has 1 heterocycles. The van der Waals surface area contributed by atoms with Crippen molar-refractivity contribution in [3.8, 4) is 11.4 Å². The van der Waals surface area contributed by atoms with Gasteiger partial charge in [0.15, 0.2) is 0 Å². The lowest BCUT2D eigenvalue weighted by Gasteiger charge is -2.12. The van der Waals surface area contributed by atoms with E-state index >= 15 is 0 Å². The molecule has 32 heavy (non-hydrogen) atoms. The van der Waals surface area contributed by atoms with E-state index in [0.717, 1.165) is 5.52 Å². The molecule has 0 aliphatic carbocycles. The van der Waals surface area contributed by atoms with Gasteiger partial charge in [-0.3, -0.25) is 9.59 Å². The Balaban J connectivity index is 1.68. The molecule has 0 fully saturated rings. The van der Waals surface area contributed by atoms with Crippen molar-refractivity contribution >= 4 is 57.4 Å². The summed E-state index contributed by atoms with van der Waals surface area (Å²) in [5.41, 5.74) is 2.35. The topological polar surface area (TPSA) is 76.0 Å². The molecule has 162 valence electrons. The molecule has 6 nitrogen and oxygen atoms in total. The lowest BCUT2D eigenvalue weighted by atomic mass is 10.2. The van der Waals surface area contributed by atoms with Crippen molar-refractivity contribution in [1.29, 1.82) is 0 Å². The van der Waals surface area contributed by atoms with E-state index in [2.05, 4.69) is 15.6 Å². The second kappa shape index (κ2) is 8.98.